The summed E-state index contributed by atoms with van der Waals surface area (Å²) in [6, 6.07) is 2.90. The van der Waals surface area contributed by atoms with E-state index in [1.165, 1.54) is 18.2 Å². The van der Waals surface area contributed by atoms with Gasteiger partial charge in [0.05, 0.1) is 0 Å². The Labute approximate surface area is 119 Å². The first kappa shape index (κ1) is 15.4. The first-order chi connectivity index (χ1) is 8.93. The van der Waals surface area contributed by atoms with Gasteiger partial charge in [-0.15, -0.1) is 0 Å². The molecule has 0 aliphatic carbocycles. The molecular weight excluding hydrogens is 317 g/mol. The van der Waals surface area contributed by atoms with E-state index in [2.05, 4.69) is 31.9 Å². The molecule has 0 aromatic heterocycles. The first-order valence-electron chi connectivity index (χ1n) is 5.74. The van der Waals surface area contributed by atoms with Gasteiger partial charge in [0.2, 0.25) is 5.91 Å². The molecule has 1 aromatic carbocycles. The number of carbonyl (C=O) groups excluding carboxylic acids is 2. The van der Waals surface area contributed by atoms with Crippen molar-refractivity contribution in [1.29, 1.82) is 0 Å². The van der Waals surface area contributed by atoms with E-state index in [1.54, 1.807) is 13.8 Å². The van der Waals surface area contributed by atoms with E-state index in [4.69, 9.17) is 0 Å². The normalized spacial score (nSPS) is 11.6. The molecule has 0 saturated carbocycles. The van der Waals surface area contributed by atoms with E-state index in [1.807, 2.05) is 0 Å². The lowest BCUT2D eigenvalue weighted by Gasteiger charge is -2.15. The lowest BCUT2D eigenvalue weighted by atomic mass is 10.2. The number of nitrogens with one attached hydrogen (secondary N) is 3. The summed E-state index contributed by atoms with van der Waals surface area (Å²) in [4.78, 5) is 22.9. The van der Waals surface area contributed by atoms with Gasteiger partial charge >= 0.3 is 6.03 Å². The molecule has 0 aliphatic heterocycles. The number of urea groups is 1. The second-order valence-corrected chi connectivity index (χ2v) is 4.69. The maximum absolute atomic E-state index is 12.9. The Balaban J connectivity index is 2.61. The van der Waals surface area contributed by atoms with Crippen molar-refractivity contribution in [3.05, 3.63) is 28.5 Å². The number of imide groups is 1. The largest absolute Gasteiger partial charge is 0.373 e. The lowest BCUT2D eigenvalue weighted by molar-refractivity contribution is -0.120. The Bertz CT molecular complexity index is 482. The van der Waals surface area contributed by atoms with Gasteiger partial charge in [0, 0.05) is 16.7 Å². The zero-order valence-electron chi connectivity index (χ0n) is 10.6. The summed E-state index contributed by atoms with van der Waals surface area (Å²) in [7, 11) is 0. The molecule has 0 bridgehead atoms. The van der Waals surface area contributed by atoms with Gasteiger partial charge < -0.3 is 10.6 Å². The molecule has 104 valence electrons. The van der Waals surface area contributed by atoms with Crippen molar-refractivity contribution in [2.24, 2.45) is 0 Å². The van der Waals surface area contributed by atoms with Crippen molar-refractivity contribution in [1.82, 2.24) is 10.6 Å². The zero-order chi connectivity index (χ0) is 14.4. The van der Waals surface area contributed by atoms with E-state index in [-0.39, 0.29) is 5.82 Å². The number of anilines is 1. The second-order valence-electron chi connectivity index (χ2n) is 3.84. The number of carbonyl (C=O) groups is 2. The average Bonchev–Trinajstić information content (AvgIpc) is 2.32. The molecule has 1 rings (SSSR count). The van der Waals surface area contributed by atoms with Crippen molar-refractivity contribution in [2.45, 2.75) is 19.9 Å². The van der Waals surface area contributed by atoms with Crippen LogP contribution in [0.25, 0.3) is 0 Å². The summed E-state index contributed by atoms with van der Waals surface area (Å²) >= 11 is 3.19. The van der Waals surface area contributed by atoms with E-state index >= 15 is 0 Å². The van der Waals surface area contributed by atoms with Gasteiger partial charge in [-0.3, -0.25) is 10.1 Å². The van der Waals surface area contributed by atoms with Crippen LogP contribution in [0.1, 0.15) is 13.8 Å². The Morgan fingerprint density at radius 2 is 2.11 bits per heavy atom. The number of halogens is 2. The minimum absolute atomic E-state index is 0.378. The minimum Gasteiger partial charge on any atom is -0.373 e. The molecule has 0 heterocycles. The molecule has 5 nitrogen and oxygen atoms in total. The highest BCUT2D eigenvalue weighted by Crippen LogP contribution is 2.23. The third-order valence-corrected chi connectivity index (χ3v) is 2.93. The van der Waals surface area contributed by atoms with Crippen LogP contribution in [0, 0.1) is 5.82 Å². The Morgan fingerprint density at radius 3 is 2.68 bits per heavy atom. The molecule has 0 radical (unpaired) electrons. The van der Waals surface area contributed by atoms with E-state index in [9.17, 15) is 14.0 Å². The van der Waals surface area contributed by atoms with Crippen LogP contribution in [0.4, 0.5) is 14.9 Å². The Morgan fingerprint density at radius 1 is 1.42 bits per heavy atom. The van der Waals surface area contributed by atoms with Gasteiger partial charge in [-0.05, 0) is 48.0 Å². The fraction of sp³-hybridized carbons (Fsp3) is 0.333. The molecule has 0 aliphatic rings. The maximum atomic E-state index is 12.9. The molecule has 7 heteroatoms. The quantitative estimate of drug-likeness (QED) is 0.792. The molecule has 1 aromatic rings. The fourth-order valence-electron chi connectivity index (χ4n) is 1.33. The molecule has 0 fully saturated rings. The van der Waals surface area contributed by atoms with Gasteiger partial charge in [0.25, 0.3) is 0 Å². The summed E-state index contributed by atoms with van der Waals surface area (Å²) in [5.74, 6) is -0.848. The second kappa shape index (κ2) is 7.08. The highest BCUT2D eigenvalue weighted by Gasteiger charge is 2.16. The van der Waals surface area contributed by atoms with Crippen LogP contribution in [-0.2, 0) is 4.79 Å². The standard InChI is InChI=1S/C12H15BrFN3O2/c1-3-15-12(19)17-11(18)7(2)16-10-5-4-8(14)6-9(10)13/h4-7,16H,3H2,1-2H3,(H2,15,17,18,19). The number of hydrogen-bond acceptors (Lipinski definition) is 3. The van der Waals surface area contributed by atoms with Crippen LogP contribution in [0.5, 0.6) is 0 Å². The predicted octanol–water partition coefficient (Wildman–Crippen LogP) is 2.23. The molecule has 3 amide bonds. The molecule has 3 N–H and O–H groups in total. The Kier molecular flexibility index (Phi) is 5.75. The van der Waals surface area contributed by atoms with Crippen molar-refractivity contribution in [3.63, 3.8) is 0 Å². The summed E-state index contributed by atoms with van der Waals surface area (Å²) in [5, 5.41) is 7.53. The fourth-order valence-corrected chi connectivity index (χ4v) is 1.80. The molecule has 1 unspecified atom stereocenters. The maximum Gasteiger partial charge on any atom is 0.321 e. The third-order valence-electron chi connectivity index (χ3n) is 2.27. The lowest BCUT2D eigenvalue weighted by Crippen LogP contribution is -2.45. The van der Waals surface area contributed by atoms with Crippen LogP contribution in [0.15, 0.2) is 22.7 Å². The van der Waals surface area contributed by atoms with Crippen LogP contribution in [-0.4, -0.2) is 24.5 Å². The summed E-state index contributed by atoms with van der Waals surface area (Å²) in [6.45, 7) is 3.79. The average molecular weight is 332 g/mol. The van der Waals surface area contributed by atoms with Crippen LogP contribution in [0.2, 0.25) is 0 Å². The van der Waals surface area contributed by atoms with Gasteiger partial charge in [0.1, 0.15) is 11.9 Å². The number of hydrogen-bond donors (Lipinski definition) is 3. The highest BCUT2D eigenvalue weighted by molar-refractivity contribution is 9.10. The molecular formula is C12H15BrFN3O2. The first-order valence-corrected chi connectivity index (χ1v) is 6.53. The molecule has 0 spiro atoms. The zero-order valence-corrected chi connectivity index (χ0v) is 12.2. The van der Waals surface area contributed by atoms with Crippen molar-refractivity contribution < 1.29 is 14.0 Å². The van der Waals surface area contributed by atoms with Crippen LogP contribution in [0.3, 0.4) is 0 Å². The SMILES string of the molecule is CCNC(=O)NC(=O)C(C)Nc1ccc(F)cc1Br. The Hall–Kier alpha value is -1.63. The highest BCUT2D eigenvalue weighted by atomic mass is 79.9. The molecule has 1 atom stereocenters. The predicted molar refractivity (Wildman–Crippen MR) is 74.4 cm³/mol. The summed E-state index contributed by atoms with van der Waals surface area (Å²) < 4.78 is 13.4. The number of benzene rings is 1. The number of amides is 3. The van der Waals surface area contributed by atoms with Gasteiger partial charge in [-0.25, -0.2) is 9.18 Å². The van der Waals surface area contributed by atoms with Gasteiger partial charge in [0.15, 0.2) is 0 Å². The molecule has 19 heavy (non-hydrogen) atoms. The van der Waals surface area contributed by atoms with E-state index in [0.29, 0.717) is 16.7 Å². The summed E-state index contributed by atoms with van der Waals surface area (Å²) in [5.41, 5.74) is 0.569. The van der Waals surface area contributed by atoms with E-state index in [0.717, 1.165) is 0 Å². The van der Waals surface area contributed by atoms with E-state index < -0.39 is 18.0 Å². The van der Waals surface area contributed by atoms with Crippen LogP contribution >= 0.6 is 15.9 Å². The van der Waals surface area contributed by atoms with Crippen molar-refractivity contribution >= 4 is 33.6 Å². The van der Waals surface area contributed by atoms with Crippen molar-refractivity contribution in [2.75, 3.05) is 11.9 Å². The molecule has 0 saturated heterocycles. The smallest absolute Gasteiger partial charge is 0.321 e. The summed E-state index contributed by atoms with van der Waals surface area (Å²) in [6.07, 6.45) is 0. The topological polar surface area (TPSA) is 70.2 Å². The van der Waals surface area contributed by atoms with Crippen molar-refractivity contribution in [3.8, 4) is 0 Å². The monoisotopic (exact) mass is 331 g/mol. The number of rotatable bonds is 4. The van der Waals surface area contributed by atoms with Crippen LogP contribution < -0.4 is 16.0 Å². The third kappa shape index (κ3) is 4.86. The van der Waals surface area contributed by atoms with Gasteiger partial charge in [-0.1, -0.05) is 0 Å². The minimum atomic E-state index is -0.635. The van der Waals surface area contributed by atoms with Gasteiger partial charge in [-0.2, -0.15) is 0 Å².